The molecule has 0 amide bonds. The molecule has 0 fully saturated rings. The van der Waals surface area contributed by atoms with Crippen molar-refractivity contribution in [3.8, 4) is 11.3 Å². The zero-order valence-electron chi connectivity index (χ0n) is 10.3. The molecular weight excluding hydrogens is 290 g/mol. The third-order valence-electron chi connectivity index (χ3n) is 2.68. The van der Waals surface area contributed by atoms with E-state index >= 15 is 0 Å². The molecule has 94 valence electrons. The number of aromatic nitrogens is 2. The quantitative estimate of drug-likeness (QED) is 0.944. The minimum Gasteiger partial charge on any atom is -0.328 e. The van der Waals surface area contributed by atoms with Gasteiger partial charge in [-0.05, 0) is 25.5 Å². The highest BCUT2D eigenvalue weighted by molar-refractivity contribution is 9.10. The first kappa shape index (κ1) is 13.2. The predicted octanol–water partition coefficient (Wildman–Crippen LogP) is 3.19. The topological polar surface area (TPSA) is 51.8 Å². The fraction of sp³-hybridized carbons (Fsp3) is 0.286. The van der Waals surface area contributed by atoms with Crippen LogP contribution in [0.4, 0.5) is 0 Å². The van der Waals surface area contributed by atoms with Crippen molar-refractivity contribution in [2.75, 3.05) is 0 Å². The van der Waals surface area contributed by atoms with E-state index in [0.29, 0.717) is 0 Å². The van der Waals surface area contributed by atoms with E-state index < -0.39 is 0 Å². The lowest BCUT2D eigenvalue weighted by atomic mass is 10.1. The van der Waals surface area contributed by atoms with Crippen molar-refractivity contribution >= 4 is 15.9 Å². The Hall–Kier alpha value is -1.26. The van der Waals surface area contributed by atoms with Gasteiger partial charge in [0.1, 0.15) is 5.82 Å². The van der Waals surface area contributed by atoms with Crippen molar-refractivity contribution in [3.63, 3.8) is 0 Å². The molecule has 1 atom stereocenters. The lowest BCUT2D eigenvalue weighted by Crippen LogP contribution is -2.16. The van der Waals surface area contributed by atoms with Crippen LogP contribution in [0.5, 0.6) is 0 Å². The number of halogens is 1. The summed E-state index contributed by atoms with van der Waals surface area (Å²) in [5.41, 5.74) is 7.78. The molecule has 0 bridgehead atoms. The van der Waals surface area contributed by atoms with Gasteiger partial charge in [-0.25, -0.2) is 9.97 Å². The SMILES string of the molecule is CC(N)CCc1nccc(-c2ccccc2Br)n1. The van der Waals surface area contributed by atoms with Crippen LogP contribution in [-0.2, 0) is 6.42 Å². The van der Waals surface area contributed by atoms with Gasteiger partial charge in [-0.15, -0.1) is 0 Å². The molecule has 0 spiro atoms. The Balaban J connectivity index is 2.25. The number of nitrogens with two attached hydrogens (primary N) is 1. The van der Waals surface area contributed by atoms with E-state index in [1.54, 1.807) is 6.20 Å². The minimum atomic E-state index is 0.181. The molecular formula is C14H16BrN3. The molecule has 1 heterocycles. The molecule has 0 radical (unpaired) electrons. The average Bonchev–Trinajstić information content (AvgIpc) is 2.37. The number of benzene rings is 1. The maximum absolute atomic E-state index is 5.75. The zero-order chi connectivity index (χ0) is 13.0. The minimum absolute atomic E-state index is 0.181. The Bertz CT molecular complexity index is 526. The number of aryl methyl sites for hydroxylation is 1. The van der Waals surface area contributed by atoms with Gasteiger partial charge >= 0.3 is 0 Å². The summed E-state index contributed by atoms with van der Waals surface area (Å²) in [5.74, 6) is 0.848. The molecule has 1 unspecified atom stereocenters. The molecule has 1 aromatic heterocycles. The molecule has 3 nitrogen and oxygen atoms in total. The summed E-state index contributed by atoms with van der Waals surface area (Å²) < 4.78 is 1.04. The summed E-state index contributed by atoms with van der Waals surface area (Å²) in [5, 5.41) is 0. The van der Waals surface area contributed by atoms with Crippen molar-refractivity contribution in [1.29, 1.82) is 0 Å². The molecule has 2 aromatic rings. The normalized spacial score (nSPS) is 12.4. The van der Waals surface area contributed by atoms with Crippen LogP contribution >= 0.6 is 15.9 Å². The van der Waals surface area contributed by atoms with Crippen molar-refractivity contribution < 1.29 is 0 Å². The molecule has 0 aliphatic heterocycles. The lowest BCUT2D eigenvalue weighted by Gasteiger charge is -2.07. The van der Waals surface area contributed by atoms with E-state index in [0.717, 1.165) is 34.4 Å². The number of hydrogen-bond acceptors (Lipinski definition) is 3. The number of hydrogen-bond donors (Lipinski definition) is 1. The molecule has 18 heavy (non-hydrogen) atoms. The van der Waals surface area contributed by atoms with Crippen LogP contribution in [0.15, 0.2) is 41.0 Å². The second-order valence-corrected chi connectivity index (χ2v) is 5.21. The van der Waals surface area contributed by atoms with Crippen LogP contribution in [0.1, 0.15) is 19.2 Å². The van der Waals surface area contributed by atoms with E-state index in [-0.39, 0.29) is 6.04 Å². The summed E-state index contributed by atoms with van der Waals surface area (Å²) in [6.07, 6.45) is 3.52. The van der Waals surface area contributed by atoms with Crippen molar-refractivity contribution in [2.24, 2.45) is 5.73 Å². The highest BCUT2D eigenvalue weighted by atomic mass is 79.9. The van der Waals surface area contributed by atoms with E-state index in [1.165, 1.54) is 0 Å². The lowest BCUT2D eigenvalue weighted by molar-refractivity contribution is 0.648. The van der Waals surface area contributed by atoms with E-state index in [2.05, 4.69) is 25.9 Å². The van der Waals surface area contributed by atoms with Crippen molar-refractivity contribution in [2.45, 2.75) is 25.8 Å². The van der Waals surface area contributed by atoms with Crippen LogP contribution in [0.2, 0.25) is 0 Å². The summed E-state index contributed by atoms with van der Waals surface area (Å²) in [7, 11) is 0. The van der Waals surface area contributed by atoms with Crippen LogP contribution < -0.4 is 5.73 Å². The second-order valence-electron chi connectivity index (χ2n) is 4.35. The highest BCUT2D eigenvalue weighted by Crippen LogP contribution is 2.26. The molecule has 0 saturated heterocycles. The third kappa shape index (κ3) is 3.37. The predicted molar refractivity (Wildman–Crippen MR) is 77.1 cm³/mol. The average molecular weight is 306 g/mol. The van der Waals surface area contributed by atoms with Crippen LogP contribution in [0.25, 0.3) is 11.3 Å². The largest absolute Gasteiger partial charge is 0.328 e. The summed E-state index contributed by atoms with van der Waals surface area (Å²) >= 11 is 3.54. The standard InChI is InChI=1S/C14H16BrN3/c1-10(16)6-7-14-17-9-8-13(18-14)11-4-2-3-5-12(11)15/h2-5,8-10H,6-7,16H2,1H3. The first-order valence-corrected chi connectivity index (χ1v) is 6.78. The van der Waals surface area contributed by atoms with Gasteiger partial charge in [0.2, 0.25) is 0 Å². The van der Waals surface area contributed by atoms with Gasteiger partial charge in [-0.3, -0.25) is 0 Å². The van der Waals surface area contributed by atoms with Gasteiger partial charge in [-0.2, -0.15) is 0 Å². The van der Waals surface area contributed by atoms with E-state index in [4.69, 9.17) is 5.73 Å². The second kappa shape index (κ2) is 6.07. The van der Waals surface area contributed by atoms with E-state index in [1.807, 2.05) is 37.3 Å². The van der Waals surface area contributed by atoms with Gasteiger partial charge in [-0.1, -0.05) is 34.1 Å². The van der Waals surface area contributed by atoms with Gasteiger partial charge in [0, 0.05) is 28.7 Å². The van der Waals surface area contributed by atoms with Crippen molar-refractivity contribution in [1.82, 2.24) is 9.97 Å². The van der Waals surface area contributed by atoms with Gasteiger partial charge in [0.15, 0.2) is 0 Å². The summed E-state index contributed by atoms with van der Waals surface area (Å²) in [6, 6.07) is 10.2. The van der Waals surface area contributed by atoms with Crippen LogP contribution in [-0.4, -0.2) is 16.0 Å². The number of rotatable bonds is 4. The Morgan fingerprint density at radius 1 is 1.28 bits per heavy atom. The van der Waals surface area contributed by atoms with Crippen LogP contribution in [0.3, 0.4) is 0 Å². The Kier molecular flexibility index (Phi) is 4.44. The fourth-order valence-corrected chi connectivity index (χ4v) is 2.18. The van der Waals surface area contributed by atoms with Gasteiger partial charge in [0.05, 0.1) is 5.69 Å². The Morgan fingerprint density at radius 3 is 2.78 bits per heavy atom. The van der Waals surface area contributed by atoms with Gasteiger partial charge in [0.25, 0.3) is 0 Å². The highest BCUT2D eigenvalue weighted by Gasteiger charge is 2.06. The first-order valence-electron chi connectivity index (χ1n) is 5.99. The Labute approximate surface area is 116 Å². The monoisotopic (exact) mass is 305 g/mol. The smallest absolute Gasteiger partial charge is 0.129 e. The summed E-state index contributed by atoms with van der Waals surface area (Å²) in [6.45, 7) is 2.00. The Morgan fingerprint density at radius 2 is 2.06 bits per heavy atom. The molecule has 0 aliphatic rings. The molecule has 0 saturated carbocycles. The van der Waals surface area contributed by atoms with Crippen molar-refractivity contribution in [3.05, 3.63) is 46.8 Å². The van der Waals surface area contributed by atoms with E-state index in [9.17, 15) is 0 Å². The van der Waals surface area contributed by atoms with Crippen LogP contribution in [0, 0.1) is 0 Å². The fourth-order valence-electron chi connectivity index (χ4n) is 1.70. The molecule has 2 rings (SSSR count). The first-order chi connectivity index (χ1) is 8.66. The molecule has 1 aromatic carbocycles. The summed E-state index contributed by atoms with van der Waals surface area (Å²) in [4.78, 5) is 8.86. The zero-order valence-corrected chi connectivity index (χ0v) is 11.9. The molecule has 2 N–H and O–H groups in total. The maximum atomic E-state index is 5.75. The number of nitrogens with zero attached hydrogens (tertiary/aromatic N) is 2. The molecule has 4 heteroatoms. The van der Waals surface area contributed by atoms with Gasteiger partial charge < -0.3 is 5.73 Å². The third-order valence-corrected chi connectivity index (χ3v) is 3.37. The maximum Gasteiger partial charge on any atom is 0.129 e. The molecule has 0 aliphatic carbocycles.